The second-order valence-corrected chi connectivity index (χ2v) is 18.5. The zero-order valence-electron chi connectivity index (χ0n) is 40.1. The fourth-order valence-electron chi connectivity index (χ4n) is 9.07. The number of hydrogen-bond acceptors (Lipinski definition) is 16. The molecule has 4 aromatic carbocycles. The molecule has 6 aromatic rings. The van der Waals surface area contributed by atoms with Gasteiger partial charge in [0.05, 0.1) is 86.1 Å². The molecule has 0 spiro atoms. The van der Waals surface area contributed by atoms with Crippen LogP contribution in [0.2, 0.25) is 10.0 Å². The predicted octanol–water partition coefficient (Wildman–Crippen LogP) is 8.48. The highest BCUT2D eigenvalue weighted by atomic mass is 35.5. The van der Waals surface area contributed by atoms with Crippen LogP contribution >= 0.6 is 23.2 Å². The van der Waals surface area contributed by atoms with Crippen molar-refractivity contribution in [3.05, 3.63) is 130 Å². The van der Waals surface area contributed by atoms with E-state index in [1.165, 1.54) is 75.4 Å². The summed E-state index contributed by atoms with van der Waals surface area (Å²) in [5.74, 6) is -2.40. The Hall–Kier alpha value is -6.36. The summed E-state index contributed by atoms with van der Waals surface area (Å²) in [5.41, 5.74) is 3.10. The lowest BCUT2D eigenvalue weighted by Crippen LogP contribution is -2.36. The van der Waals surface area contributed by atoms with Crippen LogP contribution < -0.4 is 20.1 Å². The van der Waals surface area contributed by atoms with Gasteiger partial charge in [0.1, 0.15) is 47.4 Å². The maximum Gasteiger partial charge on any atom is 0.195 e. The summed E-state index contributed by atoms with van der Waals surface area (Å²) in [4.78, 5) is 46.6. The van der Waals surface area contributed by atoms with Crippen molar-refractivity contribution in [2.45, 2.75) is 37.3 Å². The topological polar surface area (TPSA) is 172 Å². The quantitative estimate of drug-likeness (QED) is 0.0698. The van der Waals surface area contributed by atoms with Gasteiger partial charge in [-0.1, -0.05) is 23.2 Å². The van der Waals surface area contributed by atoms with Gasteiger partial charge in [0.25, 0.3) is 0 Å². The van der Waals surface area contributed by atoms with Crippen molar-refractivity contribution < 1.29 is 55.6 Å². The van der Waals surface area contributed by atoms with E-state index >= 15 is 0 Å². The lowest BCUT2D eigenvalue weighted by atomic mass is 10.0. The molecular weight excluding hydrogens is 1010 g/mol. The zero-order chi connectivity index (χ0) is 51.9. The van der Waals surface area contributed by atoms with Gasteiger partial charge in [0.2, 0.25) is 0 Å². The molecule has 0 amide bonds. The average Bonchev–Trinajstić information content (AvgIpc) is 4.03. The molecule has 2 N–H and O–H groups in total. The molecule has 4 aliphatic heterocycles. The molecule has 0 unspecified atom stereocenters. The Morgan fingerprint density at radius 2 is 0.986 bits per heavy atom. The minimum Gasteiger partial charge on any atom is -0.496 e. The van der Waals surface area contributed by atoms with Gasteiger partial charge in [-0.2, -0.15) is 0 Å². The largest absolute Gasteiger partial charge is 0.496 e. The smallest absolute Gasteiger partial charge is 0.195 e. The number of nitrogens with one attached hydrogen (secondary N) is 2. The highest BCUT2D eigenvalue weighted by Crippen LogP contribution is 2.34. The number of rotatable bonds is 16. The van der Waals surface area contributed by atoms with Crippen molar-refractivity contribution in [2.75, 3.05) is 90.5 Å². The third-order valence-corrected chi connectivity index (χ3v) is 13.4. The lowest BCUT2D eigenvalue weighted by molar-refractivity contribution is -0.117. The van der Waals surface area contributed by atoms with E-state index in [0.717, 1.165) is 0 Å². The van der Waals surface area contributed by atoms with Crippen molar-refractivity contribution in [1.82, 2.24) is 29.7 Å². The molecule has 4 fully saturated rings. The number of aromatic nitrogens is 4. The van der Waals surface area contributed by atoms with Crippen molar-refractivity contribution in [2.24, 2.45) is 0 Å². The van der Waals surface area contributed by atoms with Gasteiger partial charge in [-0.05, 0) is 60.7 Å². The number of nitrogens with zero attached hydrogens (tertiary/aromatic N) is 6. The van der Waals surface area contributed by atoms with Crippen LogP contribution in [0.25, 0.3) is 21.8 Å². The maximum atomic E-state index is 14.8. The first kappa shape index (κ1) is 52.5. The van der Waals surface area contributed by atoms with E-state index < -0.39 is 34.9 Å². The molecular formula is C52H50Cl2F4N8O8. The monoisotopic (exact) mass is 1060 g/mol. The molecule has 2 aromatic heterocycles. The van der Waals surface area contributed by atoms with E-state index in [2.05, 4.69) is 30.6 Å². The number of ether oxygens (including phenoxy) is 6. The summed E-state index contributed by atoms with van der Waals surface area (Å²) in [6.07, 6.45) is 4.84. The molecule has 0 radical (unpaired) electrons. The second kappa shape index (κ2) is 23.9. The average molecular weight is 1060 g/mol. The number of allylic oxidation sites excluding steroid dienone is 2. The van der Waals surface area contributed by atoms with Gasteiger partial charge in [0.15, 0.2) is 23.2 Å². The van der Waals surface area contributed by atoms with Crippen LogP contribution in [0, 0.1) is 11.6 Å². The number of carbonyl (C=O) groups excluding carboxylic acids is 2. The number of benzene rings is 4. The van der Waals surface area contributed by atoms with Crippen molar-refractivity contribution in [1.29, 1.82) is 0 Å². The Balaban J connectivity index is 0.000000182. The number of anilines is 4. The Morgan fingerprint density at radius 1 is 0.608 bits per heavy atom. The highest BCUT2D eigenvalue weighted by Gasteiger charge is 2.37. The Morgan fingerprint density at radius 3 is 1.34 bits per heavy atom. The molecule has 16 nitrogen and oxygen atoms in total. The van der Waals surface area contributed by atoms with Gasteiger partial charge < -0.3 is 39.1 Å². The van der Waals surface area contributed by atoms with E-state index in [9.17, 15) is 27.2 Å². The molecule has 4 saturated heterocycles. The summed E-state index contributed by atoms with van der Waals surface area (Å²) >= 11 is 11.8. The van der Waals surface area contributed by atoms with Gasteiger partial charge in [-0.25, -0.2) is 37.5 Å². The first-order valence-electron chi connectivity index (χ1n) is 23.6. The minimum atomic E-state index is -0.817. The summed E-state index contributed by atoms with van der Waals surface area (Å²) in [7, 11) is 2.94. The van der Waals surface area contributed by atoms with Crippen LogP contribution in [0.15, 0.2) is 97.1 Å². The zero-order valence-corrected chi connectivity index (χ0v) is 41.6. The number of Topliss-reactive ketones (excluding diaryl/α,β-unsaturated/α-hetero) is 2. The number of ketones is 2. The van der Waals surface area contributed by atoms with Gasteiger partial charge in [-0.15, -0.1) is 0 Å². The minimum absolute atomic E-state index is 0.0151. The van der Waals surface area contributed by atoms with Crippen molar-refractivity contribution in [3.8, 4) is 11.5 Å². The first-order chi connectivity index (χ1) is 35.8. The predicted molar refractivity (Wildman–Crippen MR) is 269 cm³/mol. The fourth-order valence-corrected chi connectivity index (χ4v) is 9.43. The molecule has 0 bridgehead atoms. The van der Waals surface area contributed by atoms with Gasteiger partial charge in [-0.3, -0.25) is 19.4 Å². The third kappa shape index (κ3) is 12.6. The van der Waals surface area contributed by atoms with E-state index in [4.69, 9.17) is 51.6 Å². The lowest BCUT2D eigenvalue weighted by Gasteiger charge is -2.24. The number of halogens is 6. The molecule has 4 atom stereocenters. The number of hydrogen-bond donors (Lipinski definition) is 2. The van der Waals surface area contributed by atoms with Crippen LogP contribution in [0.4, 0.5) is 40.6 Å². The maximum absolute atomic E-state index is 14.8. The van der Waals surface area contributed by atoms with Crippen LogP contribution in [-0.2, 0) is 41.4 Å². The number of likely N-dealkylation sites (tertiary alicyclic amines) is 2. The normalized spacial score (nSPS) is 20.2. The summed E-state index contributed by atoms with van der Waals surface area (Å²) in [6, 6.07) is 15.1. The number of carbonyl (C=O) groups is 2. The standard InChI is InChI=1S/2C26H25ClF2N4O4/c2*1-35-23-11-21-17(26(31-14-30-21)32-16-2-3-19(28)18(27)10-16)8-15(23)9-22(34)20(29)4-5-33-12-24-25(13-33)37-7-6-36-24/h2*2-4,8,10-11,14,24-25H,5-7,9,12-13H2,1H3,(H,30,31,32)/b20-4+;20-4-/t2*24-,25+. The van der Waals surface area contributed by atoms with E-state index in [1.807, 2.05) is 9.80 Å². The Labute approximate surface area is 432 Å². The third-order valence-electron chi connectivity index (χ3n) is 12.8. The van der Waals surface area contributed by atoms with Crippen molar-refractivity contribution >= 4 is 79.6 Å². The second-order valence-electron chi connectivity index (χ2n) is 17.7. The Kier molecular flexibility index (Phi) is 16.9. The van der Waals surface area contributed by atoms with Gasteiger partial charge >= 0.3 is 0 Å². The number of fused-ring (bicyclic) bond motifs is 4. The first-order valence-corrected chi connectivity index (χ1v) is 24.3. The fraction of sp³-hybridized carbons (Fsp3) is 0.346. The van der Waals surface area contributed by atoms with Crippen molar-refractivity contribution in [3.63, 3.8) is 0 Å². The number of methoxy groups -OCH3 is 2. The van der Waals surface area contributed by atoms with Crippen LogP contribution in [0.5, 0.6) is 11.5 Å². The van der Waals surface area contributed by atoms with Crippen LogP contribution in [0.1, 0.15) is 11.1 Å². The summed E-state index contributed by atoms with van der Waals surface area (Å²) in [5, 5.41) is 7.26. The SMILES string of the molecule is COc1cc2ncnc(Nc3ccc(F)c(Cl)c3)c2cc1CC(=O)/C(F)=C/CN1C[C@@H]2OCCO[C@@H]2C1.COc1cc2ncnc(Nc3ccc(F)c(Cl)c3)c2cc1CC(=O)/C(F)=C\CN1C[C@@H]2OCCO[C@@H]2C1. The van der Waals surface area contributed by atoms with E-state index in [1.54, 1.807) is 24.3 Å². The molecule has 388 valence electrons. The van der Waals surface area contributed by atoms with Crippen LogP contribution in [0.3, 0.4) is 0 Å². The molecule has 0 aliphatic carbocycles. The molecule has 10 rings (SSSR count). The summed E-state index contributed by atoms with van der Waals surface area (Å²) < 4.78 is 90.3. The van der Waals surface area contributed by atoms with Gasteiger partial charge in [0, 0.05) is 97.5 Å². The van der Waals surface area contributed by atoms with E-state index in [0.29, 0.717) is 120 Å². The van der Waals surface area contributed by atoms with E-state index in [-0.39, 0.29) is 60.4 Å². The molecule has 22 heteroatoms. The molecule has 74 heavy (non-hydrogen) atoms. The van der Waals surface area contributed by atoms with Crippen LogP contribution in [-0.4, -0.2) is 146 Å². The highest BCUT2D eigenvalue weighted by molar-refractivity contribution is 6.31. The Bertz CT molecular complexity index is 2890. The molecule has 4 aliphatic rings. The molecule has 0 saturated carbocycles. The summed E-state index contributed by atoms with van der Waals surface area (Å²) in [6.45, 7) is 5.36. The molecule has 6 heterocycles.